The Kier molecular flexibility index (Phi) is 5.61. The predicted molar refractivity (Wildman–Crippen MR) is 88.2 cm³/mol. The van der Waals surface area contributed by atoms with Crippen LogP contribution in [-0.4, -0.2) is 18.0 Å². The summed E-state index contributed by atoms with van der Waals surface area (Å²) < 4.78 is 0. The molecule has 108 valence electrons. The van der Waals surface area contributed by atoms with E-state index in [4.69, 9.17) is 17.3 Å². The van der Waals surface area contributed by atoms with Gasteiger partial charge in [0.15, 0.2) is 0 Å². The third kappa shape index (κ3) is 3.83. The van der Waals surface area contributed by atoms with Crippen molar-refractivity contribution in [1.29, 1.82) is 0 Å². The maximum atomic E-state index is 6.33. The Labute approximate surface area is 130 Å². The fraction of sp³-hybridized carbons (Fsp3) is 0.375. The van der Waals surface area contributed by atoms with E-state index in [0.717, 1.165) is 18.0 Å². The molecule has 4 heteroatoms. The third-order valence-electron chi connectivity index (χ3n) is 3.53. The fourth-order valence-electron chi connectivity index (χ4n) is 2.41. The number of hydrogen-bond acceptors (Lipinski definition) is 3. The van der Waals surface area contributed by atoms with E-state index in [-0.39, 0.29) is 12.1 Å². The summed E-state index contributed by atoms with van der Waals surface area (Å²) in [5.74, 6) is 0. The summed E-state index contributed by atoms with van der Waals surface area (Å²) in [5.41, 5.74) is 7.58. The molecule has 20 heavy (non-hydrogen) atoms. The molecule has 0 spiro atoms. The lowest BCUT2D eigenvalue weighted by molar-refractivity contribution is 0.205. The lowest BCUT2D eigenvalue weighted by atomic mass is 10.0. The summed E-state index contributed by atoms with van der Waals surface area (Å²) in [4.78, 5) is 3.65. The summed E-state index contributed by atoms with van der Waals surface area (Å²) in [6.45, 7) is 3.01. The summed E-state index contributed by atoms with van der Waals surface area (Å²) >= 11 is 7.71. The summed E-state index contributed by atoms with van der Waals surface area (Å²) in [6, 6.07) is 12.7. The maximum absolute atomic E-state index is 6.33. The van der Waals surface area contributed by atoms with Gasteiger partial charge in [-0.3, -0.25) is 4.90 Å². The summed E-state index contributed by atoms with van der Waals surface area (Å²) in [5, 5.41) is 2.89. The van der Waals surface area contributed by atoms with Crippen LogP contribution in [0.2, 0.25) is 5.02 Å². The SMILES string of the molecule is CCC(N)C(c1cccs1)N(C)Cc1ccc(Cl)cc1. The van der Waals surface area contributed by atoms with Gasteiger partial charge in [-0.1, -0.05) is 36.7 Å². The molecule has 2 unspecified atom stereocenters. The van der Waals surface area contributed by atoms with Crippen LogP contribution in [0.5, 0.6) is 0 Å². The molecule has 2 atom stereocenters. The van der Waals surface area contributed by atoms with Gasteiger partial charge in [0.25, 0.3) is 0 Å². The van der Waals surface area contributed by atoms with Crippen LogP contribution in [0.15, 0.2) is 41.8 Å². The number of likely N-dealkylation sites (N-methyl/N-ethyl adjacent to an activating group) is 1. The fourth-order valence-corrected chi connectivity index (χ4v) is 3.51. The molecule has 0 saturated carbocycles. The van der Waals surface area contributed by atoms with E-state index in [1.165, 1.54) is 10.4 Å². The highest BCUT2D eigenvalue weighted by atomic mass is 35.5. The van der Waals surface area contributed by atoms with Crippen LogP contribution in [0.25, 0.3) is 0 Å². The second kappa shape index (κ2) is 7.23. The normalized spacial score (nSPS) is 14.4. The van der Waals surface area contributed by atoms with Crippen molar-refractivity contribution < 1.29 is 0 Å². The molecule has 0 aliphatic rings. The molecule has 0 aliphatic carbocycles. The first-order valence-corrected chi connectivity index (χ1v) is 8.11. The van der Waals surface area contributed by atoms with Crippen LogP contribution >= 0.6 is 22.9 Å². The Hall–Kier alpha value is -0.870. The largest absolute Gasteiger partial charge is 0.326 e. The number of halogens is 1. The van der Waals surface area contributed by atoms with Crippen LogP contribution in [0, 0.1) is 0 Å². The lowest BCUT2D eigenvalue weighted by Gasteiger charge is -2.31. The van der Waals surface area contributed by atoms with E-state index in [1.54, 1.807) is 11.3 Å². The molecule has 0 bridgehead atoms. The standard InChI is InChI=1S/C16H21ClN2S/c1-3-14(18)16(15-5-4-10-20-15)19(2)11-12-6-8-13(17)9-7-12/h4-10,14,16H,3,11,18H2,1-2H3. The van der Waals surface area contributed by atoms with Gasteiger partial charge in [0.2, 0.25) is 0 Å². The molecule has 2 nitrogen and oxygen atoms in total. The molecule has 1 heterocycles. The van der Waals surface area contributed by atoms with E-state index in [0.29, 0.717) is 0 Å². The Morgan fingerprint density at radius 2 is 1.95 bits per heavy atom. The lowest BCUT2D eigenvalue weighted by Crippen LogP contribution is -2.38. The van der Waals surface area contributed by atoms with Gasteiger partial charge in [-0.05, 0) is 42.6 Å². The number of hydrogen-bond donors (Lipinski definition) is 1. The number of benzene rings is 1. The van der Waals surface area contributed by atoms with Gasteiger partial charge >= 0.3 is 0 Å². The zero-order valence-corrected chi connectivity index (χ0v) is 13.5. The summed E-state index contributed by atoms with van der Waals surface area (Å²) in [6.07, 6.45) is 0.966. The number of nitrogens with zero attached hydrogens (tertiary/aromatic N) is 1. The topological polar surface area (TPSA) is 29.3 Å². The highest BCUT2D eigenvalue weighted by molar-refractivity contribution is 7.10. The van der Waals surface area contributed by atoms with Crippen molar-refractivity contribution in [3.05, 3.63) is 57.2 Å². The van der Waals surface area contributed by atoms with Gasteiger partial charge < -0.3 is 5.73 Å². The molecule has 0 amide bonds. The van der Waals surface area contributed by atoms with Crippen LogP contribution in [0.4, 0.5) is 0 Å². The molecule has 0 fully saturated rings. The Bertz CT molecular complexity index is 510. The van der Waals surface area contributed by atoms with Gasteiger partial charge in [-0.25, -0.2) is 0 Å². The minimum Gasteiger partial charge on any atom is -0.326 e. The Morgan fingerprint density at radius 3 is 2.50 bits per heavy atom. The van der Waals surface area contributed by atoms with Crippen molar-refractivity contribution in [2.75, 3.05) is 7.05 Å². The highest BCUT2D eigenvalue weighted by Crippen LogP contribution is 2.29. The molecule has 1 aromatic heterocycles. The zero-order chi connectivity index (χ0) is 14.5. The van der Waals surface area contributed by atoms with Crippen molar-refractivity contribution in [2.24, 2.45) is 5.73 Å². The minimum atomic E-state index is 0.144. The first kappa shape index (κ1) is 15.5. The van der Waals surface area contributed by atoms with Crippen molar-refractivity contribution in [3.63, 3.8) is 0 Å². The average Bonchev–Trinajstić information content (AvgIpc) is 2.95. The maximum Gasteiger partial charge on any atom is 0.0593 e. The van der Waals surface area contributed by atoms with E-state index >= 15 is 0 Å². The monoisotopic (exact) mass is 308 g/mol. The molecule has 2 N–H and O–H groups in total. The Balaban J connectivity index is 2.14. The molecule has 0 aliphatic heterocycles. The zero-order valence-electron chi connectivity index (χ0n) is 11.9. The molecule has 0 radical (unpaired) electrons. The predicted octanol–water partition coefficient (Wildman–Crippen LogP) is 4.31. The number of thiophene rings is 1. The number of rotatable bonds is 6. The molecular formula is C16H21ClN2S. The van der Waals surface area contributed by atoms with Crippen molar-refractivity contribution >= 4 is 22.9 Å². The molecule has 0 saturated heterocycles. The number of nitrogens with two attached hydrogens (primary N) is 1. The molecule has 1 aromatic carbocycles. The van der Waals surface area contributed by atoms with Gasteiger partial charge in [-0.2, -0.15) is 0 Å². The van der Waals surface area contributed by atoms with Crippen LogP contribution < -0.4 is 5.73 Å². The highest BCUT2D eigenvalue weighted by Gasteiger charge is 2.23. The van der Waals surface area contributed by atoms with Gasteiger partial charge in [0.1, 0.15) is 0 Å². The smallest absolute Gasteiger partial charge is 0.0593 e. The molecular weight excluding hydrogens is 288 g/mol. The van der Waals surface area contributed by atoms with Crippen molar-refractivity contribution in [2.45, 2.75) is 32.0 Å². The van der Waals surface area contributed by atoms with E-state index < -0.39 is 0 Å². The second-order valence-electron chi connectivity index (χ2n) is 5.07. The van der Waals surface area contributed by atoms with Crippen LogP contribution in [0.1, 0.15) is 29.8 Å². The summed E-state index contributed by atoms with van der Waals surface area (Å²) in [7, 11) is 2.13. The second-order valence-corrected chi connectivity index (χ2v) is 6.49. The van der Waals surface area contributed by atoms with E-state index in [9.17, 15) is 0 Å². The molecule has 2 aromatic rings. The Morgan fingerprint density at radius 1 is 1.25 bits per heavy atom. The quantitative estimate of drug-likeness (QED) is 0.861. The van der Waals surface area contributed by atoms with Crippen LogP contribution in [-0.2, 0) is 6.54 Å². The minimum absolute atomic E-state index is 0.144. The van der Waals surface area contributed by atoms with Crippen molar-refractivity contribution in [1.82, 2.24) is 4.90 Å². The van der Waals surface area contributed by atoms with Crippen LogP contribution in [0.3, 0.4) is 0 Å². The van der Waals surface area contributed by atoms with Gasteiger partial charge in [0, 0.05) is 22.5 Å². The van der Waals surface area contributed by atoms with Crippen molar-refractivity contribution in [3.8, 4) is 0 Å². The average molecular weight is 309 g/mol. The third-order valence-corrected chi connectivity index (χ3v) is 4.73. The van der Waals surface area contributed by atoms with E-state index in [2.05, 4.69) is 48.5 Å². The van der Waals surface area contributed by atoms with Gasteiger partial charge in [-0.15, -0.1) is 11.3 Å². The van der Waals surface area contributed by atoms with E-state index in [1.807, 2.05) is 12.1 Å². The van der Waals surface area contributed by atoms with Gasteiger partial charge in [0.05, 0.1) is 6.04 Å². The first-order valence-electron chi connectivity index (χ1n) is 6.85. The molecule has 2 rings (SSSR count). The first-order chi connectivity index (χ1) is 9.61.